The van der Waals surface area contributed by atoms with Crippen molar-refractivity contribution in [2.45, 2.75) is 43.9 Å². The molecule has 0 spiro atoms. The first kappa shape index (κ1) is 14.2. The summed E-state index contributed by atoms with van der Waals surface area (Å²) >= 11 is 12.0. The molecule has 0 saturated carbocycles. The summed E-state index contributed by atoms with van der Waals surface area (Å²) in [5, 5.41) is 0.652. The first-order valence-corrected chi connectivity index (χ1v) is 7.68. The molecule has 1 aromatic rings. The molecule has 0 aromatic heterocycles. The van der Waals surface area contributed by atoms with E-state index in [1.165, 1.54) is 12.8 Å². The lowest BCUT2D eigenvalue weighted by Crippen LogP contribution is -2.43. The number of fused-ring (bicyclic) bond motifs is 2. The Bertz CT molecular complexity index is 521. The maximum Gasteiger partial charge on any atom is 0.339 e. The van der Waals surface area contributed by atoms with E-state index in [2.05, 4.69) is 11.9 Å². The van der Waals surface area contributed by atoms with Gasteiger partial charge in [-0.05, 0) is 32.0 Å². The second kappa shape index (κ2) is 5.55. The molecule has 0 amide bonds. The molecular formula is C15H17Cl2NO2. The molecule has 2 aliphatic rings. The second-order valence-electron chi connectivity index (χ2n) is 5.65. The largest absolute Gasteiger partial charge is 0.459 e. The Balaban J connectivity index is 1.69. The summed E-state index contributed by atoms with van der Waals surface area (Å²) in [7, 11) is 2.16. The number of carbonyl (C=O) groups excluding carboxylic acids is 1. The smallest absolute Gasteiger partial charge is 0.339 e. The van der Waals surface area contributed by atoms with Gasteiger partial charge in [-0.15, -0.1) is 0 Å². The van der Waals surface area contributed by atoms with Crippen molar-refractivity contribution < 1.29 is 9.53 Å². The van der Waals surface area contributed by atoms with Crippen LogP contribution in [0, 0.1) is 0 Å². The molecule has 20 heavy (non-hydrogen) atoms. The molecule has 3 nitrogen and oxygen atoms in total. The fourth-order valence-electron chi connectivity index (χ4n) is 3.33. The van der Waals surface area contributed by atoms with Crippen molar-refractivity contribution in [1.82, 2.24) is 4.90 Å². The zero-order chi connectivity index (χ0) is 14.3. The normalized spacial score (nSPS) is 29.4. The zero-order valence-electron chi connectivity index (χ0n) is 11.3. The highest BCUT2D eigenvalue weighted by molar-refractivity contribution is 6.43. The van der Waals surface area contributed by atoms with E-state index in [0.29, 0.717) is 22.7 Å². The number of nitrogens with zero attached hydrogens (tertiary/aromatic N) is 1. The van der Waals surface area contributed by atoms with Crippen molar-refractivity contribution >= 4 is 29.2 Å². The lowest BCUT2D eigenvalue weighted by Gasteiger charge is -2.35. The molecule has 2 heterocycles. The fraction of sp³-hybridized carbons (Fsp3) is 0.533. The van der Waals surface area contributed by atoms with Crippen LogP contribution in [-0.4, -0.2) is 36.1 Å². The molecule has 2 aliphatic heterocycles. The van der Waals surface area contributed by atoms with Crippen molar-refractivity contribution in [3.05, 3.63) is 33.8 Å². The van der Waals surface area contributed by atoms with Gasteiger partial charge in [-0.3, -0.25) is 0 Å². The number of rotatable bonds is 2. The molecule has 2 bridgehead atoms. The topological polar surface area (TPSA) is 29.5 Å². The van der Waals surface area contributed by atoms with E-state index in [9.17, 15) is 4.79 Å². The Kier molecular flexibility index (Phi) is 3.93. The molecule has 108 valence electrons. The van der Waals surface area contributed by atoms with Crippen LogP contribution in [0.4, 0.5) is 0 Å². The highest BCUT2D eigenvalue weighted by Gasteiger charge is 2.40. The Labute approximate surface area is 128 Å². The van der Waals surface area contributed by atoms with Crippen LogP contribution in [0.25, 0.3) is 0 Å². The van der Waals surface area contributed by atoms with Gasteiger partial charge in [0.15, 0.2) is 0 Å². The average Bonchev–Trinajstić information content (AvgIpc) is 2.64. The lowest BCUT2D eigenvalue weighted by molar-refractivity contribution is -0.000430. The first-order valence-electron chi connectivity index (χ1n) is 6.93. The minimum Gasteiger partial charge on any atom is -0.459 e. The van der Waals surface area contributed by atoms with E-state index in [1.54, 1.807) is 18.2 Å². The van der Waals surface area contributed by atoms with Crippen LogP contribution in [0.15, 0.2) is 18.2 Å². The SMILES string of the molecule is CN1C2CCC1CC(OC(=O)c1cccc(Cl)c1Cl)C2. The summed E-state index contributed by atoms with van der Waals surface area (Å²) in [6.07, 6.45) is 4.22. The summed E-state index contributed by atoms with van der Waals surface area (Å²) in [6.45, 7) is 0. The number of benzene rings is 1. The van der Waals surface area contributed by atoms with Gasteiger partial charge in [-0.25, -0.2) is 4.79 Å². The molecule has 2 saturated heterocycles. The van der Waals surface area contributed by atoms with Gasteiger partial charge in [0.1, 0.15) is 6.10 Å². The van der Waals surface area contributed by atoms with Crippen molar-refractivity contribution in [2.75, 3.05) is 7.05 Å². The molecule has 1 aromatic carbocycles. The molecule has 3 rings (SSSR count). The quantitative estimate of drug-likeness (QED) is 0.778. The second-order valence-corrected chi connectivity index (χ2v) is 6.44. The number of carbonyl (C=O) groups is 1. The van der Waals surface area contributed by atoms with Gasteiger partial charge in [0.25, 0.3) is 0 Å². The Morgan fingerprint density at radius 1 is 1.25 bits per heavy atom. The van der Waals surface area contributed by atoms with Gasteiger partial charge in [0.05, 0.1) is 15.6 Å². The molecule has 5 heteroatoms. The predicted octanol–water partition coefficient (Wildman–Crippen LogP) is 3.78. The minimum atomic E-state index is -0.369. The van der Waals surface area contributed by atoms with Crippen molar-refractivity contribution in [2.24, 2.45) is 0 Å². The number of halogens is 2. The number of hydrogen-bond acceptors (Lipinski definition) is 3. The maximum absolute atomic E-state index is 12.2. The van der Waals surface area contributed by atoms with Gasteiger partial charge >= 0.3 is 5.97 Å². The van der Waals surface area contributed by atoms with E-state index in [0.717, 1.165) is 12.8 Å². The molecule has 0 N–H and O–H groups in total. The van der Waals surface area contributed by atoms with Crippen molar-refractivity contribution in [3.8, 4) is 0 Å². The van der Waals surface area contributed by atoms with E-state index in [-0.39, 0.29) is 17.1 Å². The zero-order valence-corrected chi connectivity index (χ0v) is 12.8. The summed E-state index contributed by atoms with van der Waals surface area (Å²) in [4.78, 5) is 14.6. The third kappa shape index (κ3) is 2.54. The Hall–Kier alpha value is -0.770. The monoisotopic (exact) mass is 313 g/mol. The standard InChI is InChI=1S/C15H17Cl2NO2/c1-18-9-5-6-10(18)8-11(7-9)20-15(19)12-3-2-4-13(16)14(12)17/h2-4,9-11H,5-8H2,1H3. The minimum absolute atomic E-state index is 0.00810. The highest BCUT2D eigenvalue weighted by Crippen LogP contribution is 2.36. The van der Waals surface area contributed by atoms with Gasteiger partial charge in [0, 0.05) is 24.9 Å². The summed E-state index contributed by atoms with van der Waals surface area (Å²) in [5.41, 5.74) is 0.352. The van der Waals surface area contributed by atoms with Crippen LogP contribution in [-0.2, 0) is 4.74 Å². The summed E-state index contributed by atoms with van der Waals surface area (Å²) in [5.74, 6) is -0.369. The molecule has 0 radical (unpaired) electrons. The maximum atomic E-state index is 12.2. The van der Waals surface area contributed by atoms with Crippen LogP contribution in [0.2, 0.25) is 10.0 Å². The summed E-state index contributed by atoms with van der Waals surface area (Å²) < 4.78 is 5.63. The predicted molar refractivity (Wildman–Crippen MR) is 79.5 cm³/mol. The molecular weight excluding hydrogens is 297 g/mol. The van der Waals surface area contributed by atoms with Crippen LogP contribution in [0.1, 0.15) is 36.0 Å². The first-order chi connectivity index (χ1) is 9.56. The molecule has 2 fully saturated rings. The van der Waals surface area contributed by atoms with E-state index < -0.39 is 0 Å². The van der Waals surface area contributed by atoms with Crippen LogP contribution in [0.3, 0.4) is 0 Å². The molecule has 2 atom stereocenters. The van der Waals surface area contributed by atoms with Crippen molar-refractivity contribution in [3.63, 3.8) is 0 Å². The van der Waals surface area contributed by atoms with Crippen LogP contribution >= 0.6 is 23.2 Å². The molecule has 2 unspecified atom stereocenters. The van der Waals surface area contributed by atoms with Crippen LogP contribution < -0.4 is 0 Å². The third-order valence-corrected chi connectivity index (χ3v) is 5.32. The van der Waals surface area contributed by atoms with Gasteiger partial charge in [-0.1, -0.05) is 29.3 Å². The third-order valence-electron chi connectivity index (χ3n) is 4.50. The lowest BCUT2D eigenvalue weighted by atomic mass is 10.0. The van der Waals surface area contributed by atoms with E-state index in [1.807, 2.05) is 0 Å². The number of piperidine rings is 1. The number of hydrogen-bond donors (Lipinski definition) is 0. The van der Waals surface area contributed by atoms with E-state index >= 15 is 0 Å². The summed E-state index contributed by atoms with van der Waals surface area (Å²) in [6, 6.07) is 6.11. The number of ether oxygens (including phenoxy) is 1. The van der Waals surface area contributed by atoms with Crippen LogP contribution in [0.5, 0.6) is 0 Å². The van der Waals surface area contributed by atoms with Crippen molar-refractivity contribution in [1.29, 1.82) is 0 Å². The fourth-order valence-corrected chi connectivity index (χ4v) is 3.71. The van der Waals surface area contributed by atoms with E-state index in [4.69, 9.17) is 27.9 Å². The highest BCUT2D eigenvalue weighted by atomic mass is 35.5. The van der Waals surface area contributed by atoms with Gasteiger partial charge < -0.3 is 9.64 Å². The van der Waals surface area contributed by atoms with Gasteiger partial charge in [-0.2, -0.15) is 0 Å². The number of esters is 1. The van der Waals surface area contributed by atoms with Gasteiger partial charge in [0.2, 0.25) is 0 Å². The Morgan fingerprint density at radius 2 is 1.90 bits per heavy atom. The Morgan fingerprint density at radius 3 is 2.55 bits per heavy atom. The molecule has 0 aliphatic carbocycles. The average molecular weight is 314 g/mol.